The van der Waals surface area contributed by atoms with E-state index in [0.29, 0.717) is 15.8 Å². The van der Waals surface area contributed by atoms with Crippen LogP contribution in [0.2, 0.25) is 10.0 Å². The number of hydrogen-bond acceptors (Lipinski definition) is 1. The van der Waals surface area contributed by atoms with E-state index in [1.54, 1.807) is 12.1 Å². The second-order valence-electron chi connectivity index (χ2n) is 5.35. The standard InChI is InChI=1S/C15H16Cl2O.2ClH.Ti/c1-15(2,3)10-6-4-9-13(10)18-14-11(16)7-5-8-12(14)17;;;/h4-8H,9H2,1-3H3;2*1H;/q;;;+2/p-2. The summed E-state index contributed by atoms with van der Waals surface area (Å²) in [5, 5.41) is 1.07. The van der Waals surface area contributed by atoms with Crippen LogP contribution in [0.1, 0.15) is 27.2 Å². The van der Waals surface area contributed by atoms with Crippen molar-refractivity contribution in [1.29, 1.82) is 0 Å². The summed E-state index contributed by atoms with van der Waals surface area (Å²) in [6.07, 6.45) is 4.99. The largest absolute Gasteiger partial charge is 2.00 e. The molecule has 0 bridgehead atoms. The summed E-state index contributed by atoms with van der Waals surface area (Å²) in [5.74, 6) is 1.47. The normalized spacial score (nSPS) is 13.2. The molecule has 0 fully saturated rings. The van der Waals surface area contributed by atoms with Gasteiger partial charge in [0.1, 0.15) is 5.76 Å². The molecule has 0 saturated carbocycles. The monoisotopic (exact) mass is 400 g/mol. The third kappa shape index (κ3) is 5.82. The van der Waals surface area contributed by atoms with Gasteiger partial charge in [-0.2, -0.15) is 0 Å². The van der Waals surface area contributed by atoms with Crippen molar-refractivity contribution in [3.63, 3.8) is 0 Å². The van der Waals surface area contributed by atoms with E-state index >= 15 is 0 Å². The first-order chi connectivity index (χ1) is 8.39. The topological polar surface area (TPSA) is 9.23 Å². The molecule has 0 aliphatic heterocycles. The Bertz CT molecular complexity index is 513. The van der Waals surface area contributed by atoms with E-state index in [9.17, 15) is 0 Å². The van der Waals surface area contributed by atoms with E-state index in [-0.39, 0.29) is 51.9 Å². The first kappa shape index (κ1) is 23.6. The first-order valence-electron chi connectivity index (χ1n) is 5.91. The summed E-state index contributed by atoms with van der Waals surface area (Å²) in [6, 6.07) is 5.37. The van der Waals surface area contributed by atoms with E-state index in [4.69, 9.17) is 27.9 Å². The fraction of sp³-hybridized carbons (Fsp3) is 0.333. The molecule has 0 atom stereocenters. The summed E-state index contributed by atoms with van der Waals surface area (Å²) < 4.78 is 5.93. The fourth-order valence-electron chi connectivity index (χ4n) is 1.95. The van der Waals surface area contributed by atoms with Crippen LogP contribution >= 0.6 is 23.2 Å². The molecule has 1 aliphatic rings. The van der Waals surface area contributed by atoms with Gasteiger partial charge in [-0.3, -0.25) is 0 Å². The van der Waals surface area contributed by atoms with Gasteiger partial charge >= 0.3 is 21.7 Å². The molecule has 0 saturated heterocycles. The molecule has 0 heterocycles. The molecule has 0 amide bonds. The van der Waals surface area contributed by atoms with Gasteiger partial charge in [0.25, 0.3) is 0 Å². The molecule has 2 rings (SSSR count). The van der Waals surface area contributed by atoms with Gasteiger partial charge in [-0.1, -0.05) is 62.2 Å². The van der Waals surface area contributed by atoms with Gasteiger partial charge in [-0.05, 0) is 23.1 Å². The Labute approximate surface area is 163 Å². The number of halogens is 4. The van der Waals surface area contributed by atoms with Crippen LogP contribution in [0.5, 0.6) is 5.75 Å². The summed E-state index contributed by atoms with van der Waals surface area (Å²) >= 11 is 12.2. The second kappa shape index (κ2) is 9.50. The van der Waals surface area contributed by atoms with Gasteiger partial charge in [0.15, 0.2) is 5.75 Å². The van der Waals surface area contributed by atoms with Crippen molar-refractivity contribution >= 4 is 23.2 Å². The molecule has 0 unspecified atom stereocenters. The van der Waals surface area contributed by atoms with E-state index in [2.05, 4.69) is 32.9 Å². The van der Waals surface area contributed by atoms with Crippen LogP contribution in [0.4, 0.5) is 0 Å². The van der Waals surface area contributed by atoms with Crippen molar-refractivity contribution < 1.29 is 51.3 Å². The number of ether oxygens (including phenoxy) is 1. The fourth-order valence-corrected chi connectivity index (χ4v) is 2.43. The van der Waals surface area contributed by atoms with Crippen LogP contribution in [0, 0.1) is 5.41 Å². The first-order valence-corrected chi connectivity index (χ1v) is 6.67. The van der Waals surface area contributed by atoms with Crippen molar-refractivity contribution in [2.45, 2.75) is 27.2 Å². The van der Waals surface area contributed by atoms with Gasteiger partial charge in [0.2, 0.25) is 0 Å². The maximum Gasteiger partial charge on any atom is 2.00 e. The van der Waals surface area contributed by atoms with Crippen LogP contribution in [0.3, 0.4) is 0 Å². The number of allylic oxidation sites excluding steroid dienone is 3. The molecular weight excluding hydrogens is 386 g/mol. The minimum Gasteiger partial charge on any atom is -1.00 e. The number of hydrogen-bond donors (Lipinski definition) is 0. The zero-order chi connectivity index (χ0) is 13.3. The summed E-state index contributed by atoms with van der Waals surface area (Å²) in [6.45, 7) is 6.49. The zero-order valence-electron chi connectivity index (χ0n) is 12.0. The maximum absolute atomic E-state index is 6.12. The number of rotatable bonds is 2. The second-order valence-corrected chi connectivity index (χ2v) is 6.16. The third-order valence-electron chi connectivity index (χ3n) is 2.84. The molecule has 1 aromatic carbocycles. The van der Waals surface area contributed by atoms with Gasteiger partial charge < -0.3 is 29.6 Å². The summed E-state index contributed by atoms with van der Waals surface area (Å²) in [7, 11) is 0. The zero-order valence-corrected chi connectivity index (χ0v) is 16.6. The van der Waals surface area contributed by atoms with Crippen molar-refractivity contribution in [2.75, 3.05) is 0 Å². The smallest absolute Gasteiger partial charge is 1.00 e. The van der Waals surface area contributed by atoms with Gasteiger partial charge in [0.05, 0.1) is 10.0 Å². The minimum atomic E-state index is 0. The van der Waals surface area contributed by atoms with Crippen molar-refractivity contribution in [3.8, 4) is 5.75 Å². The van der Waals surface area contributed by atoms with Crippen LogP contribution in [-0.2, 0) is 21.7 Å². The summed E-state index contributed by atoms with van der Waals surface area (Å²) in [4.78, 5) is 0. The van der Waals surface area contributed by atoms with E-state index in [1.165, 1.54) is 5.57 Å². The van der Waals surface area contributed by atoms with Gasteiger partial charge in [-0.15, -0.1) is 0 Å². The van der Waals surface area contributed by atoms with Crippen LogP contribution in [0.15, 0.2) is 41.7 Å². The summed E-state index contributed by atoms with van der Waals surface area (Å²) in [5.41, 5.74) is 1.24. The Morgan fingerprint density at radius 2 is 1.57 bits per heavy atom. The predicted molar refractivity (Wildman–Crippen MR) is 77.3 cm³/mol. The van der Waals surface area contributed by atoms with Gasteiger partial charge in [0, 0.05) is 6.42 Å². The number of benzene rings is 1. The van der Waals surface area contributed by atoms with Crippen molar-refractivity contribution in [1.82, 2.24) is 0 Å². The molecule has 1 aromatic rings. The van der Waals surface area contributed by atoms with Crippen LogP contribution in [0.25, 0.3) is 0 Å². The van der Waals surface area contributed by atoms with Gasteiger partial charge in [-0.25, -0.2) is 0 Å². The molecule has 0 aromatic heterocycles. The average molecular weight is 402 g/mol. The Hall–Kier alpha value is 0.374. The number of para-hydroxylation sites is 1. The Morgan fingerprint density at radius 3 is 2.05 bits per heavy atom. The van der Waals surface area contributed by atoms with Crippen LogP contribution < -0.4 is 29.6 Å². The van der Waals surface area contributed by atoms with E-state index in [1.807, 2.05) is 6.07 Å². The quantitative estimate of drug-likeness (QED) is 0.615. The van der Waals surface area contributed by atoms with Crippen molar-refractivity contribution in [2.24, 2.45) is 5.41 Å². The van der Waals surface area contributed by atoms with Crippen molar-refractivity contribution in [3.05, 3.63) is 51.7 Å². The molecular formula is C15H16Cl4OTi. The van der Waals surface area contributed by atoms with Crippen LogP contribution in [-0.4, -0.2) is 0 Å². The van der Waals surface area contributed by atoms with E-state index < -0.39 is 0 Å². The Balaban J connectivity index is 0. The molecule has 0 spiro atoms. The molecule has 1 aliphatic carbocycles. The molecule has 6 heteroatoms. The molecule has 0 radical (unpaired) electrons. The molecule has 1 nitrogen and oxygen atoms in total. The molecule has 114 valence electrons. The Morgan fingerprint density at radius 1 is 1.05 bits per heavy atom. The molecule has 0 N–H and O–H groups in total. The third-order valence-corrected chi connectivity index (χ3v) is 3.44. The van der Waals surface area contributed by atoms with E-state index in [0.717, 1.165) is 12.2 Å². The Kier molecular flexibility index (Phi) is 10.7. The maximum atomic E-state index is 6.12. The SMILES string of the molecule is CC(C)(C)C1=C(Oc2c(Cl)cccc2Cl)CC=C1.[Cl-].[Cl-].[Ti+2]. The average Bonchev–Trinajstić information content (AvgIpc) is 2.71. The molecule has 21 heavy (non-hydrogen) atoms. The predicted octanol–water partition coefficient (Wildman–Crippen LogP) is -0.362. The minimum absolute atomic E-state index is 0.